The van der Waals surface area contributed by atoms with Gasteiger partial charge in [0.25, 0.3) is 0 Å². The minimum Gasteiger partial charge on any atom is -0.351 e. The van der Waals surface area contributed by atoms with E-state index in [0.717, 1.165) is 11.3 Å². The molecule has 132 valence electrons. The number of rotatable bonds is 4. The molecule has 1 aromatic heterocycles. The van der Waals surface area contributed by atoms with Crippen molar-refractivity contribution in [2.24, 2.45) is 11.7 Å². The lowest BCUT2D eigenvalue weighted by atomic mass is 9.99. The van der Waals surface area contributed by atoms with E-state index in [2.05, 4.69) is 4.98 Å². The molecule has 1 fully saturated rings. The van der Waals surface area contributed by atoms with Crippen LogP contribution in [0.3, 0.4) is 0 Å². The highest BCUT2D eigenvalue weighted by atomic mass is 32.2. The molecule has 2 amide bonds. The Morgan fingerprint density at radius 3 is 2.36 bits per heavy atom. The number of carbonyl (C=O) groups is 1. The average Bonchev–Trinajstić information content (AvgIpc) is 2.63. The van der Waals surface area contributed by atoms with Crippen LogP contribution < -0.4 is 5.73 Å². The summed E-state index contributed by atoms with van der Waals surface area (Å²) in [5, 5.41) is 0. The Morgan fingerprint density at radius 1 is 1.12 bits per heavy atom. The molecule has 1 aliphatic rings. The van der Waals surface area contributed by atoms with Crippen molar-refractivity contribution >= 4 is 15.9 Å². The molecule has 0 radical (unpaired) electrons. The second kappa shape index (κ2) is 7.23. The Bertz CT molecular complexity index is 828. The molecule has 0 atom stereocenters. The van der Waals surface area contributed by atoms with Crippen molar-refractivity contribution in [1.29, 1.82) is 0 Å². The summed E-state index contributed by atoms with van der Waals surface area (Å²) in [5.74, 6) is 0.152. The molecule has 2 heterocycles. The first-order valence-electron chi connectivity index (χ1n) is 8.24. The average molecular weight is 359 g/mol. The fraction of sp³-hybridized carbons (Fsp3) is 0.333. The topological polar surface area (TPSA) is 93.4 Å². The first kappa shape index (κ1) is 17.4. The van der Waals surface area contributed by atoms with Gasteiger partial charge >= 0.3 is 6.03 Å². The second-order valence-electron chi connectivity index (χ2n) is 6.29. The molecular formula is C18H21N3O3S. The molecule has 0 spiro atoms. The van der Waals surface area contributed by atoms with Crippen LogP contribution in [0.1, 0.15) is 12.8 Å². The van der Waals surface area contributed by atoms with Crippen molar-refractivity contribution in [2.75, 3.05) is 18.8 Å². The Hall–Kier alpha value is -2.41. The third-order valence-corrected chi connectivity index (χ3v) is 6.46. The first-order valence-corrected chi connectivity index (χ1v) is 9.89. The number of piperidine rings is 1. The van der Waals surface area contributed by atoms with E-state index in [-0.39, 0.29) is 11.7 Å². The van der Waals surface area contributed by atoms with Crippen LogP contribution in [0.2, 0.25) is 0 Å². The van der Waals surface area contributed by atoms with Crippen LogP contribution >= 0.6 is 0 Å². The highest BCUT2D eigenvalue weighted by Gasteiger charge is 2.26. The maximum absolute atomic E-state index is 12.6. The van der Waals surface area contributed by atoms with E-state index in [1.807, 2.05) is 18.2 Å². The van der Waals surface area contributed by atoms with Crippen LogP contribution in [-0.4, -0.2) is 43.2 Å². The molecule has 2 N–H and O–H groups in total. The molecule has 3 rings (SSSR count). The van der Waals surface area contributed by atoms with Gasteiger partial charge in [-0.3, -0.25) is 4.98 Å². The number of pyridine rings is 1. The number of nitrogens with two attached hydrogens (primary N) is 1. The third-order valence-electron chi connectivity index (χ3n) is 4.56. The molecule has 0 unspecified atom stereocenters. The number of hydrogen-bond acceptors (Lipinski definition) is 4. The zero-order valence-corrected chi connectivity index (χ0v) is 14.7. The monoisotopic (exact) mass is 359 g/mol. The van der Waals surface area contributed by atoms with Gasteiger partial charge in [-0.05, 0) is 43.0 Å². The summed E-state index contributed by atoms with van der Waals surface area (Å²) in [6.07, 6.45) is 3.03. The summed E-state index contributed by atoms with van der Waals surface area (Å²) in [6, 6.07) is 12.0. The number of primary amides is 1. The van der Waals surface area contributed by atoms with Gasteiger partial charge in [0.05, 0.1) is 16.3 Å². The number of benzene rings is 1. The zero-order valence-electron chi connectivity index (χ0n) is 13.8. The quantitative estimate of drug-likeness (QED) is 0.906. The smallest absolute Gasteiger partial charge is 0.314 e. The van der Waals surface area contributed by atoms with Crippen LogP contribution in [0.25, 0.3) is 11.3 Å². The lowest BCUT2D eigenvalue weighted by Gasteiger charge is -2.30. The fourth-order valence-electron chi connectivity index (χ4n) is 3.09. The van der Waals surface area contributed by atoms with E-state index in [0.29, 0.717) is 30.8 Å². The van der Waals surface area contributed by atoms with Crippen molar-refractivity contribution < 1.29 is 13.2 Å². The molecule has 2 aromatic rings. The van der Waals surface area contributed by atoms with Crippen LogP contribution in [0.4, 0.5) is 4.79 Å². The molecular weight excluding hydrogens is 338 g/mol. The number of urea groups is 1. The number of hydrogen-bond donors (Lipinski definition) is 1. The highest BCUT2D eigenvalue weighted by molar-refractivity contribution is 7.91. The Morgan fingerprint density at radius 2 is 1.80 bits per heavy atom. The van der Waals surface area contributed by atoms with Gasteiger partial charge in [0, 0.05) is 24.8 Å². The minimum atomic E-state index is -3.35. The number of sulfone groups is 1. The van der Waals surface area contributed by atoms with Crippen LogP contribution in [0.5, 0.6) is 0 Å². The Balaban J connectivity index is 1.67. The van der Waals surface area contributed by atoms with Crippen molar-refractivity contribution in [3.05, 3.63) is 48.7 Å². The van der Waals surface area contributed by atoms with Crippen molar-refractivity contribution in [3.63, 3.8) is 0 Å². The first-order chi connectivity index (χ1) is 12.0. The predicted molar refractivity (Wildman–Crippen MR) is 95.6 cm³/mol. The molecule has 0 aliphatic carbocycles. The van der Waals surface area contributed by atoms with Gasteiger partial charge < -0.3 is 10.6 Å². The maximum Gasteiger partial charge on any atom is 0.314 e. The zero-order chi connectivity index (χ0) is 17.9. The van der Waals surface area contributed by atoms with Gasteiger partial charge in [-0.1, -0.05) is 18.2 Å². The molecule has 6 nitrogen and oxygen atoms in total. The van der Waals surface area contributed by atoms with Crippen molar-refractivity contribution in [3.8, 4) is 11.3 Å². The SMILES string of the molecule is NC(=O)N1CCC(CS(=O)(=O)c2ccc(-c3ccccn3)cc2)CC1. The Kier molecular flexibility index (Phi) is 5.03. The van der Waals surface area contributed by atoms with Crippen LogP contribution in [0, 0.1) is 5.92 Å². The van der Waals surface area contributed by atoms with Gasteiger partial charge in [-0.25, -0.2) is 13.2 Å². The minimum absolute atomic E-state index is 0.0519. The summed E-state index contributed by atoms with van der Waals surface area (Å²) in [5.41, 5.74) is 6.95. The lowest BCUT2D eigenvalue weighted by molar-refractivity contribution is 0.183. The number of likely N-dealkylation sites (tertiary alicyclic amines) is 1. The van der Waals surface area contributed by atoms with E-state index in [9.17, 15) is 13.2 Å². The van der Waals surface area contributed by atoms with Crippen molar-refractivity contribution in [2.45, 2.75) is 17.7 Å². The third kappa shape index (κ3) is 4.17. The summed E-state index contributed by atoms with van der Waals surface area (Å²) in [6.45, 7) is 1.04. The molecule has 7 heteroatoms. The van der Waals surface area contributed by atoms with E-state index >= 15 is 0 Å². The van der Waals surface area contributed by atoms with Gasteiger partial charge in [0.15, 0.2) is 9.84 Å². The van der Waals surface area contributed by atoms with E-state index < -0.39 is 15.9 Å². The summed E-state index contributed by atoms with van der Waals surface area (Å²) in [4.78, 5) is 17.3. The standard InChI is InChI=1S/C18H21N3O3S/c19-18(22)21-11-8-14(9-12-21)13-25(23,24)16-6-4-15(5-7-16)17-3-1-2-10-20-17/h1-7,10,14H,8-9,11-13H2,(H2,19,22). The number of aromatic nitrogens is 1. The molecule has 0 saturated carbocycles. The van der Waals surface area contributed by atoms with E-state index in [1.165, 1.54) is 0 Å². The molecule has 1 saturated heterocycles. The fourth-order valence-corrected chi connectivity index (χ4v) is 4.79. The van der Waals surface area contributed by atoms with Gasteiger partial charge in [-0.15, -0.1) is 0 Å². The van der Waals surface area contributed by atoms with E-state index in [4.69, 9.17) is 5.73 Å². The van der Waals surface area contributed by atoms with Gasteiger partial charge in [0.2, 0.25) is 0 Å². The van der Waals surface area contributed by atoms with Crippen LogP contribution in [-0.2, 0) is 9.84 Å². The second-order valence-corrected chi connectivity index (χ2v) is 8.32. The van der Waals surface area contributed by atoms with Gasteiger partial charge in [-0.2, -0.15) is 0 Å². The molecule has 25 heavy (non-hydrogen) atoms. The largest absolute Gasteiger partial charge is 0.351 e. The molecule has 1 aliphatic heterocycles. The highest BCUT2D eigenvalue weighted by Crippen LogP contribution is 2.24. The molecule has 1 aromatic carbocycles. The van der Waals surface area contributed by atoms with Gasteiger partial charge in [0.1, 0.15) is 0 Å². The lowest BCUT2D eigenvalue weighted by Crippen LogP contribution is -2.42. The summed E-state index contributed by atoms with van der Waals surface area (Å²) >= 11 is 0. The van der Waals surface area contributed by atoms with E-state index in [1.54, 1.807) is 35.4 Å². The van der Waals surface area contributed by atoms with Crippen LogP contribution in [0.15, 0.2) is 53.6 Å². The Labute approximate surface area is 147 Å². The molecule has 0 bridgehead atoms. The number of nitrogens with zero attached hydrogens (tertiary/aromatic N) is 2. The normalized spacial score (nSPS) is 15.9. The maximum atomic E-state index is 12.6. The summed E-state index contributed by atoms with van der Waals surface area (Å²) < 4.78 is 25.3. The summed E-state index contributed by atoms with van der Waals surface area (Å²) in [7, 11) is -3.35. The predicted octanol–water partition coefficient (Wildman–Crippen LogP) is 2.31. The number of amides is 2. The number of carbonyl (C=O) groups excluding carboxylic acids is 1. The van der Waals surface area contributed by atoms with Crippen molar-refractivity contribution in [1.82, 2.24) is 9.88 Å².